The minimum absolute atomic E-state index is 0.0802. The number of benzene rings is 3. The number of phenols is 2. The second-order valence-corrected chi connectivity index (χ2v) is 6.44. The largest absolute Gasteiger partial charge is 0.508 e. The van der Waals surface area contributed by atoms with E-state index in [-0.39, 0.29) is 11.3 Å². The van der Waals surface area contributed by atoms with Crippen LogP contribution in [0.4, 0.5) is 0 Å². The summed E-state index contributed by atoms with van der Waals surface area (Å²) in [5, 5.41) is 18.9. The first-order valence-electron chi connectivity index (χ1n) is 8.73. The maximum absolute atomic E-state index is 11.7. The Morgan fingerprint density at radius 2 is 1.48 bits per heavy atom. The van der Waals surface area contributed by atoms with Crippen LogP contribution in [-0.2, 0) is 0 Å². The van der Waals surface area contributed by atoms with Crippen LogP contribution in [0.3, 0.4) is 0 Å². The van der Waals surface area contributed by atoms with Crippen LogP contribution in [0, 0.1) is 6.92 Å². The van der Waals surface area contributed by atoms with Crippen molar-refractivity contribution in [3.8, 4) is 17.2 Å². The Morgan fingerprint density at radius 3 is 2.07 bits per heavy atom. The molecular formula is C23H24O4. The van der Waals surface area contributed by atoms with Crippen LogP contribution < -0.4 is 4.74 Å². The van der Waals surface area contributed by atoms with Gasteiger partial charge >= 0.3 is 5.97 Å². The van der Waals surface area contributed by atoms with Gasteiger partial charge in [0.15, 0.2) is 0 Å². The molecule has 3 aromatic rings. The third-order valence-electron chi connectivity index (χ3n) is 3.89. The average molecular weight is 364 g/mol. The third-order valence-corrected chi connectivity index (χ3v) is 3.89. The molecule has 2 N–H and O–H groups in total. The molecule has 0 heterocycles. The van der Waals surface area contributed by atoms with Crippen molar-refractivity contribution in [2.75, 3.05) is 0 Å². The van der Waals surface area contributed by atoms with Crippen molar-refractivity contribution in [1.82, 2.24) is 0 Å². The van der Waals surface area contributed by atoms with Crippen molar-refractivity contribution in [3.63, 3.8) is 0 Å². The summed E-state index contributed by atoms with van der Waals surface area (Å²) in [6.45, 7) is 6.12. The molecule has 0 aliphatic carbocycles. The standard InChI is InChI=1S/C13H10O3.C10H14O/c14-12-9-5-4-8-11(12)13(15)16-10-6-2-1-3-7-10;1-7(2)9-5-4-8(3)6-10(9)11/h1-9,14H;4-7,11H,1-3H3. The van der Waals surface area contributed by atoms with Crippen LogP contribution in [0.2, 0.25) is 0 Å². The monoisotopic (exact) mass is 364 g/mol. The quantitative estimate of drug-likeness (QED) is 0.480. The molecule has 0 aliphatic heterocycles. The van der Waals surface area contributed by atoms with Gasteiger partial charge in [0.25, 0.3) is 0 Å². The third kappa shape index (κ3) is 5.89. The molecule has 0 saturated carbocycles. The van der Waals surface area contributed by atoms with E-state index in [9.17, 15) is 15.0 Å². The smallest absolute Gasteiger partial charge is 0.347 e. The molecular weight excluding hydrogens is 340 g/mol. The summed E-state index contributed by atoms with van der Waals surface area (Å²) in [5.41, 5.74) is 2.29. The Bertz CT molecular complexity index is 886. The number of hydrogen-bond donors (Lipinski definition) is 2. The SMILES string of the molecule is Cc1ccc(C(C)C)c(O)c1.O=C(Oc1ccccc1)c1ccccc1O. The molecule has 0 amide bonds. The van der Waals surface area contributed by atoms with Gasteiger partial charge in [0.05, 0.1) is 0 Å². The van der Waals surface area contributed by atoms with E-state index in [2.05, 4.69) is 13.8 Å². The maximum atomic E-state index is 11.7. The highest BCUT2D eigenvalue weighted by Gasteiger charge is 2.12. The number of ether oxygens (including phenoxy) is 1. The lowest BCUT2D eigenvalue weighted by Crippen LogP contribution is -2.08. The van der Waals surface area contributed by atoms with Crippen LogP contribution in [-0.4, -0.2) is 16.2 Å². The van der Waals surface area contributed by atoms with Gasteiger partial charge in [-0.1, -0.05) is 56.3 Å². The normalized spacial score (nSPS) is 10.1. The molecule has 4 heteroatoms. The molecule has 0 atom stereocenters. The fraction of sp³-hybridized carbons (Fsp3) is 0.174. The molecule has 0 aliphatic rings. The summed E-state index contributed by atoms with van der Waals surface area (Å²) in [6.07, 6.45) is 0. The fourth-order valence-electron chi connectivity index (χ4n) is 2.44. The molecule has 0 saturated heterocycles. The van der Waals surface area contributed by atoms with Crippen LogP contribution in [0.25, 0.3) is 0 Å². The van der Waals surface area contributed by atoms with E-state index >= 15 is 0 Å². The Morgan fingerprint density at radius 1 is 0.852 bits per heavy atom. The molecule has 0 bridgehead atoms. The van der Waals surface area contributed by atoms with Gasteiger partial charge < -0.3 is 14.9 Å². The minimum Gasteiger partial charge on any atom is -0.508 e. The van der Waals surface area contributed by atoms with Gasteiger partial charge in [-0.25, -0.2) is 4.79 Å². The zero-order valence-electron chi connectivity index (χ0n) is 15.7. The summed E-state index contributed by atoms with van der Waals surface area (Å²) >= 11 is 0. The summed E-state index contributed by atoms with van der Waals surface area (Å²) in [4.78, 5) is 11.7. The molecule has 3 rings (SSSR count). The van der Waals surface area contributed by atoms with E-state index in [1.165, 1.54) is 12.1 Å². The Hall–Kier alpha value is -3.27. The Labute approximate surface area is 159 Å². The van der Waals surface area contributed by atoms with Gasteiger partial charge in [0.2, 0.25) is 0 Å². The average Bonchev–Trinajstić information content (AvgIpc) is 2.63. The van der Waals surface area contributed by atoms with Crippen molar-refractivity contribution in [3.05, 3.63) is 89.5 Å². The molecule has 0 aromatic heterocycles. The zero-order chi connectivity index (χ0) is 19.8. The van der Waals surface area contributed by atoms with Crippen LogP contribution in [0.5, 0.6) is 17.2 Å². The van der Waals surface area contributed by atoms with Crippen molar-refractivity contribution in [2.45, 2.75) is 26.7 Å². The van der Waals surface area contributed by atoms with Crippen molar-refractivity contribution in [1.29, 1.82) is 0 Å². The van der Waals surface area contributed by atoms with Gasteiger partial charge in [-0.2, -0.15) is 0 Å². The summed E-state index contributed by atoms with van der Waals surface area (Å²) in [6, 6.07) is 20.8. The van der Waals surface area contributed by atoms with E-state index in [0.29, 0.717) is 17.4 Å². The molecule has 0 radical (unpaired) electrons. The van der Waals surface area contributed by atoms with Crippen molar-refractivity contribution in [2.24, 2.45) is 0 Å². The number of aryl methyl sites for hydroxylation is 1. The molecule has 0 fully saturated rings. The van der Waals surface area contributed by atoms with Gasteiger partial charge in [-0.15, -0.1) is 0 Å². The molecule has 27 heavy (non-hydrogen) atoms. The highest BCUT2D eigenvalue weighted by Crippen LogP contribution is 2.25. The fourth-order valence-corrected chi connectivity index (χ4v) is 2.44. The van der Waals surface area contributed by atoms with Gasteiger partial charge in [-0.3, -0.25) is 0 Å². The highest BCUT2D eigenvalue weighted by atomic mass is 16.5. The van der Waals surface area contributed by atoms with E-state index < -0.39 is 5.97 Å². The number of para-hydroxylation sites is 2. The zero-order valence-corrected chi connectivity index (χ0v) is 15.7. The lowest BCUT2D eigenvalue weighted by Gasteiger charge is -2.07. The Balaban J connectivity index is 0.000000208. The van der Waals surface area contributed by atoms with E-state index in [1.807, 2.05) is 25.1 Å². The van der Waals surface area contributed by atoms with Gasteiger partial charge in [0, 0.05) is 0 Å². The van der Waals surface area contributed by atoms with Crippen LogP contribution in [0.1, 0.15) is 41.3 Å². The van der Waals surface area contributed by atoms with Gasteiger partial charge in [0.1, 0.15) is 22.8 Å². The maximum Gasteiger partial charge on any atom is 0.347 e. The molecule has 0 unspecified atom stereocenters. The van der Waals surface area contributed by atoms with Crippen LogP contribution >= 0.6 is 0 Å². The number of hydrogen-bond acceptors (Lipinski definition) is 4. The molecule has 3 aromatic carbocycles. The van der Waals surface area contributed by atoms with E-state index in [0.717, 1.165) is 11.1 Å². The van der Waals surface area contributed by atoms with E-state index in [1.54, 1.807) is 42.5 Å². The predicted molar refractivity (Wildman–Crippen MR) is 106 cm³/mol. The predicted octanol–water partition coefficient (Wildman–Crippen LogP) is 5.44. The number of esters is 1. The molecule has 0 spiro atoms. The van der Waals surface area contributed by atoms with Crippen LogP contribution in [0.15, 0.2) is 72.8 Å². The molecule has 4 nitrogen and oxygen atoms in total. The first-order valence-corrected chi connectivity index (χ1v) is 8.73. The first-order chi connectivity index (χ1) is 12.9. The topological polar surface area (TPSA) is 66.8 Å². The second-order valence-electron chi connectivity index (χ2n) is 6.44. The second kappa shape index (κ2) is 9.43. The number of phenolic OH excluding ortho intramolecular Hbond substituents is 2. The first kappa shape index (κ1) is 20.0. The van der Waals surface area contributed by atoms with Crippen molar-refractivity contribution < 1.29 is 19.7 Å². The summed E-state index contributed by atoms with van der Waals surface area (Å²) in [5.74, 6) is 0.624. The lowest BCUT2D eigenvalue weighted by molar-refractivity contribution is 0.0731. The number of carbonyl (C=O) groups is 1. The number of aromatic hydroxyl groups is 2. The Kier molecular flexibility index (Phi) is 7.00. The summed E-state index contributed by atoms with van der Waals surface area (Å²) < 4.78 is 5.08. The highest BCUT2D eigenvalue weighted by molar-refractivity contribution is 5.93. The van der Waals surface area contributed by atoms with Gasteiger partial charge in [-0.05, 0) is 54.3 Å². The summed E-state index contributed by atoms with van der Waals surface area (Å²) in [7, 11) is 0. The molecule has 140 valence electrons. The lowest BCUT2D eigenvalue weighted by atomic mass is 10.0. The number of rotatable bonds is 3. The van der Waals surface area contributed by atoms with E-state index in [4.69, 9.17) is 4.74 Å². The number of carbonyl (C=O) groups excluding carboxylic acids is 1. The minimum atomic E-state index is -0.565. The van der Waals surface area contributed by atoms with Crippen molar-refractivity contribution >= 4 is 5.97 Å².